The van der Waals surface area contributed by atoms with E-state index in [1.165, 1.54) is 7.11 Å². The average molecular weight is 326 g/mol. The Kier molecular flexibility index (Phi) is 3.52. The molecule has 0 bridgehead atoms. The number of nitrogens with one attached hydrogen (secondary N) is 1. The summed E-state index contributed by atoms with van der Waals surface area (Å²) in [6.07, 6.45) is 5.60. The Balaban J connectivity index is 1.54. The fourth-order valence-electron chi connectivity index (χ4n) is 3.21. The second-order valence-electron chi connectivity index (χ2n) is 6.00. The van der Waals surface area contributed by atoms with E-state index in [1.54, 1.807) is 30.5 Å². The number of fused-ring (bicyclic) bond motifs is 1. The van der Waals surface area contributed by atoms with E-state index in [1.807, 2.05) is 6.07 Å². The lowest BCUT2D eigenvalue weighted by Crippen LogP contribution is -2.34. The minimum Gasteiger partial charge on any atom is -0.480 e. The molecule has 1 aliphatic heterocycles. The smallest absolute Gasteiger partial charge is 0.261 e. The number of aromatic nitrogens is 1. The molecule has 124 valence electrons. The Bertz CT molecular complexity index is 784. The van der Waals surface area contributed by atoms with Crippen LogP contribution in [-0.4, -0.2) is 23.8 Å². The van der Waals surface area contributed by atoms with E-state index in [0.717, 1.165) is 31.4 Å². The Morgan fingerprint density at radius 1 is 1.21 bits per heavy atom. The molecule has 4 rings (SSSR count). The summed E-state index contributed by atoms with van der Waals surface area (Å²) in [5.41, 5.74) is 1.02. The van der Waals surface area contributed by atoms with Gasteiger partial charge in [0.25, 0.3) is 11.7 Å². The fourth-order valence-corrected chi connectivity index (χ4v) is 3.21. The topological polar surface area (TPSA) is 69.7 Å². The van der Waals surface area contributed by atoms with Crippen molar-refractivity contribution in [2.45, 2.75) is 31.5 Å². The highest BCUT2D eigenvalue weighted by atomic mass is 16.7. The zero-order chi connectivity index (χ0) is 16.6. The van der Waals surface area contributed by atoms with Gasteiger partial charge in [-0.1, -0.05) is 0 Å². The maximum absolute atomic E-state index is 12.4. The third-order valence-corrected chi connectivity index (χ3v) is 4.37. The fraction of sp³-hybridized carbons (Fsp3) is 0.333. The summed E-state index contributed by atoms with van der Waals surface area (Å²) in [7, 11) is 1.49. The predicted molar refractivity (Wildman–Crippen MR) is 87.6 cm³/mol. The van der Waals surface area contributed by atoms with E-state index in [2.05, 4.69) is 10.3 Å². The lowest BCUT2D eigenvalue weighted by Gasteiger charge is -2.21. The van der Waals surface area contributed by atoms with Crippen LogP contribution in [0.3, 0.4) is 0 Å². The van der Waals surface area contributed by atoms with Crippen LogP contribution < -0.4 is 19.5 Å². The maximum Gasteiger partial charge on any atom is 0.261 e. The molecule has 6 nitrogen and oxygen atoms in total. The van der Waals surface area contributed by atoms with Gasteiger partial charge in [-0.15, -0.1) is 0 Å². The summed E-state index contributed by atoms with van der Waals surface area (Å²) in [6, 6.07) is 8.79. The predicted octanol–water partition coefficient (Wildman–Crippen LogP) is 3.38. The number of benzene rings is 1. The van der Waals surface area contributed by atoms with Crippen LogP contribution in [0.1, 0.15) is 36.0 Å². The first-order chi connectivity index (χ1) is 11.7. The average Bonchev–Trinajstić information content (AvgIpc) is 3.20. The number of rotatable bonds is 3. The third-order valence-electron chi connectivity index (χ3n) is 4.37. The second kappa shape index (κ2) is 5.70. The molecule has 6 heteroatoms. The molecule has 0 unspecified atom stereocenters. The van der Waals surface area contributed by atoms with Gasteiger partial charge in [-0.25, -0.2) is 4.98 Å². The SMILES string of the molecule is COc1ncccc1C(=O)Nc1ccc2c(c1)OC1(CCCC1)O2. The quantitative estimate of drug-likeness (QED) is 0.936. The summed E-state index contributed by atoms with van der Waals surface area (Å²) in [5.74, 6) is 0.911. The van der Waals surface area contributed by atoms with Crippen molar-refractivity contribution in [1.29, 1.82) is 0 Å². The minimum absolute atomic E-state index is 0.283. The lowest BCUT2D eigenvalue weighted by atomic mass is 10.2. The van der Waals surface area contributed by atoms with Crippen molar-refractivity contribution < 1.29 is 19.0 Å². The van der Waals surface area contributed by atoms with E-state index in [0.29, 0.717) is 22.9 Å². The van der Waals surface area contributed by atoms with Crippen molar-refractivity contribution in [2.75, 3.05) is 12.4 Å². The van der Waals surface area contributed by atoms with Crippen molar-refractivity contribution in [2.24, 2.45) is 0 Å². The molecule has 1 saturated carbocycles. The number of methoxy groups -OCH3 is 1. The Hall–Kier alpha value is -2.76. The molecule has 0 atom stereocenters. The molecule has 0 saturated heterocycles. The number of carbonyl (C=O) groups is 1. The first-order valence-corrected chi connectivity index (χ1v) is 8.02. The molecular formula is C18H18N2O4. The third kappa shape index (κ3) is 2.54. The van der Waals surface area contributed by atoms with Crippen LogP contribution in [0.4, 0.5) is 5.69 Å². The van der Waals surface area contributed by atoms with Crippen LogP contribution in [0.2, 0.25) is 0 Å². The summed E-state index contributed by atoms with van der Waals surface area (Å²) in [6.45, 7) is 0. The lowest BCUT2D eigenvalue weighted by molar-refractivity contribution is -0.0716. The van der Waals surface area contributed by atoms with Crippen LogP contribution in [0.5, 0.6) is 17.4 Å². The van der Waals surface area contributed by atoms with Crippen LogP contribution in [0.25, 0.3) is 0 Å². The van der Waals surface area contributed by atoms with Crippen molar-refractivity contribution in [3.8, 4) is 17.4 Å². The molecule has 1 aromatic heterocycles. The summed E-state index contributed by atoms with van der Waals surface area (Å²) in [5, 5.41) is 2.85. The van der Waals surface area contributed by atoms with Crippen molar-refractivity contribution in [3.63, 3.8) is 0 Å². The van der Waals surface area contributed by atoms with Gasteiger partial charge in [0, 0.05) is 30.8 Å². The van der Waals surface area contributed by atoms with Gasteiger partial charge >= 0.3 is 0 Å². The number of hydrogen-bond acceptors (Lipinski definition) is 5. The van der Waals surface area contributed by atoms with Crippen LogP contribution in [-0.2, 0) is 0 Å². The Morgan fingerprint density at radius 3 is 2.79 bits per heavy atom. The molecule has 0 radical (unpaired) electrons. The van der Waals surface area contributed by atoms with Crippen molar-refractivity contribution in [3.05, 3.63) is 42.1 Å². The number of pyridine rings is 1. The molecule has 1 aliphatic carbocycles. The van der Waals surface area contributed by atoms with Crippen molar-refractivity contribution >= 4 is 11.6 Å². The molecule has 2 heterocycles. The highest BCUT2D eigenvalue weighted by molar-refractivity contribution is 6.05. The maximum atomic E-state index is 12.4. The largest absolute Gasteiger partial charge is 0.480 e. The monoisotopic (exact) mass is 326 g/mol. The number of anilines is 1. The van der Waals surface area contributed by atoms with Gasteiger partial charge < -0.3 is 19.5 Å². The van der Waals surface area contributed by atoms with Gasteiger partial charge in [0.1, 0.15) is 5.56 Å². The van der Waals surface area contributed by atoms with E-state index >= 15 is 0 Å². The van der Waals surface area contributed by atoms with Gasteiger partial charge in [-0.3, -0.25) is 4.79 Å². The molecule has 1 N–H and O–H groups in total. The number of carbonyl (C=O) groups excluding carboxylic acids is 1. The molecule has 1 fully saturated rings. The minimum atomic E-state index is -0.502. The standard InChI is InChI=1S/C18H18N2O4/c1-22-17-13(5-4-10-19-17)16(21)20-12-6-7-14-15(11-12)24-18(23-14)8-2-3-9-18/h4-7,10-11H,2-3,8-9H2,1H3,(H,20,21). The zero-order valence-corrected chi connectivity index (χ0v) is 13.4. The van der Waals surface area contributed by atoms with Crippen LogP contribution >= 0.6 is 0 Å². The normalized spacial score (nSPS) is 17.0. The first-order valence-electron chi connectivity index (χ1n) is 8.02. The highest BCUT2D eigenvalue weighted by Gasteiger charge is 2.44. The number of hydrogen-bond donors (Lipinski definition) is 1. The first kappa shape index (κ1) is 14.8. The molecular weight excluding hydrogens is 308 g/mol. The molecule has 1 amide bonds. The Labute approximate surface area is 139 Å². The highest BCUT2D eigenvalue weighted by Crippen LogP contribution is 2.47. The van der Waals surface area contributed by atoms with Crippen LogP contribution in [0.15, 0.2) is 36.5 Å². The summed E-state index contributed by atoms with van der Waals surface area (Å²) >= 11 is 0. The van der Waals surface area contributed by atoms with Gasteiger partial charge in [-0.2, -0.15) is 0 Å². The summed E-state index contributed by atoms with van der Waals surface area (Å²) in [4.78, 5) is 16.5. The van der Waals surface area contributed by atoms with E-state index in [-0.39, 0.29) is 5.91 Å². The Morgan fingerprint density at radius 2 is 2.00 bits per heavy atom. The summed E-state index contributed by atoms with van der Waals surface area (Å²) < 4.78 is 17.1. The van der Waals surface area contributed by atoms with E-state index < -0.39 is 5.79 Å². The molecule has 2 aromatic rings. The van der Waals surface area contributed by atoms with Gasteiger partial charge in [0.15, 0.2) is 11.5 Å². The molecule has 1 spiro atoms. The number of ether oxygens (including phenoxy) is 3. The number of nitrogens with zero attached hydrogens (tertiary/aromatic N) is 1. The zero-order valence-electron chi connectivity index (χ0n) is 13.4. The molecule has 1 aromatic carbocycles. The molecule has 2 aliphatic rings. The van der Waals surface area contributed by atoms with Crippen molar-refractivity contribution in [1.82, 2.24) is 4.98 Å². The number of amides is 1. The van der Waals surface area contributed by atoms with Gasteiger partial charge in [0.2, 0.25) is 5.88 Å². The van der Waals surface area contributed by atoms with E-state index in [9.17, 15) is 4.79 Å². The second-order valence-corrected chi connectivity index (χ2v) is 6.00. The molecule has 24 heavy (non-hydrogen) atoms. The van der Waals surface area contributed by atoms with E-state index in [4.69, 9.17) is 14.2 Å². The van der Waals surface area contributed by atoms with Crippen LogP contribution in [0, 0.1) is 0 Å². The van der Waals surface area contributed by atoms with Gasteiger partial charge in [-0.05, 0) is 37.1 Å². The van der Waals surface area contributed by atoms with Gasteiger partial charge in [0.05, 0.1) is 7.11 Å².